The molecule has 1 aliphatic rings. The molecule has 0 aliphatic carbocycles. The van der Waals surface area contributed by atoms with Gasteiger partial charge in [-0.05, 0) is 24.6 Å². The summed E-state index contributed by atoms with van der Waals surface area (Å²) in [5.74, 6) is 0. The Hall–Kier alpha value is -0.870. The summed E-state index contributed by atoms with van der Waals surface area (Å²) < 4.78 is 6.47. The van der Waals surface area contributed by atoms with E-state index in [1.807, 2.05) is 19.1 Å². The van der Waals surface area contributed by atoms with Crippen LogP contribution in [-0.2, 0) is 16.2 Å². The molecule has 1 aromatic rings. The fourth-order valence-corrected chi connectivity index (χ4v) is 1.86. The summed E-state index contributed by atoms with van der Waals surface area (Å²) in [6, 6.07) is 6.10. The minimum absolute atomic E-state index is 0.517. The summed E-state index contributed by atoms with van der Waals surface area (Å²) in [5, 5.41) is 4.05. The number of benzene rings is 1. The zero-order valence-corrected chi connectivity index (χ0v) is 10.1. The second-order valence-corrected chi connectivity index (χ2v) is 4.17. The van der Waals surface area contributed by atoms with Crippen LogP contribution in [0.25, 0.3) is 0 Å². The molecule has 2 rings (SSSR count). The van der Waals surface area contributed by atoms with Gasteiger partial charge in [-0.25, -0.2) is 0 Å². The van der Waals surface area contributed by atoms with E-state index in [0.29, 0.717) is 19.8 Å². The standard InChI is InChI=1S/C11H12BrNO2/c1-2-15-13-11-7-14-6-8-3-4-9(12)5-10(8)11/h3-5H,2,6-7H2,1H3/b13-11+. The summed E-state index contributed by atoms with van der Waals surface area (Å²) in [6.45, 7) is 3.65. The Morgan fingerprint density at radius 1 is 1.47 bits per heavy atom. The van der Waals surface area contributed by atoms with Gasteiger partial charge in [0, 0.05) is 10.0 Å². The molecule has 0 N–H and O–H groups in total. The molecule has 15 heavy (non-hydrogen) atoms. The third-order valence-electron chi connectivity index (χ3n) is 2.18. The van der Waals surface area contributed by atoms with Crippen LogP contribution >= 0.6 is 15.9 Å². The van der Waals surface area contributed by atoms with Gasteiger partial charge in [-0.15, -0.1) is 0 Å². The van der Waals surface area contributed by atoms with Gasteiger partial charge in [-0.2, -0.15) is 0 Å². The predicted octanol–water partition coefficient (Wildman–Crippen LogP) is 2.72. The first-order chi connectivity index (χ1) is 7.31. The molecule has 0 aromatic heterocycles. The molecule has 0 spiro atoms. The normalized spacial score (nSPS) is 17.6. The molecule has 4 heteroatoms. The number of ether oxygens (including phenoxy) is 1. The number of rotatable bonds is 2. The lowest BCUT2D eigenvalue weighted by atomic mass is 10.0. The van der Waals surface area contributed by atoms with Gasteiger partial charge in [-0.1, -0.05) is 27.2 Å². The maximum absolute atomic E-state index is 5.42. The summed E-state index contributed by atoms with van der Waals surface area (Å²) in [7, 11) is 0. The number of nitrogens with zero attached hydrogens (tertiary/aromatic N) is 1. The van der Waals surface area contributed by atoms with Crippen LogP contribution in [0.3, 0.4) is 0 Å². The highest BCUT2D eigenvalue weighted by Crippen LogP contribution is 2.21. The lowest BCUT2D eigenvalue weighted by molar-refractivity contribution is 0.133. The average Bonchev–Trinajstić information content (AvgIpc) is 2.26. The van der Waals surface area contributed by atoms with Crippen molar-refractivity contribution in [2.24, 2.45) is 5.16 Å². The first-order valence-corrected chi connectivity index (χ1v) is 5.66. The van der Waals surface area contributed by atoms with Crippen molar-refractivity contribution in [1.29, 1.82) is 0 Å². The minimum atomic E-state index is 0.517. The molecule has 0 radical (unpaired) electrons. The van der Waals surface area contributed by atoms with Gasteiger partial charge in [0.25, 0.3) is 0 Å². The van der Waals surface area contributed by atoms with E-state index in [-0.39, 0.29) is 0 Å². The van der Waals surface area contributed by atoms with Crippen molar-refractivity contribution in [2.45, 2.75) is 13.5 Å². The van der Waals surface area contributed by atoms with Crippen molar-refractivity contribution < 1.29 is 9.57 Å². The quantitative estimate of drug-likeness (QED) is 0.773. The lowest BCUT2D eigenvalue weighted by Crippen LogP contribution is -2.19. The molecule has 0 unspecified atom stereocenters. The molecule has 80 valence electrons. The summed E-state index contributed by atoms with van der Waals surface area (Å²) >= 11 is 3.45. The Morgan fingerprint density at radius 2 is 2.33 bits per heavy atom. The van der Waals surface area contributed by atoms with Gasteiger partial charge in [0.2, 0.25) is 0 Å². The van der Waals surface area contributed by atoms with Crippen LogP contribution in [0.4, 0.5) is 0 Å². The molecule has 0 saturated heterocycles. The number of oxime groups is 1. The van der Waals surface area contributed by atoms with Crippen LogP contribution in [0.15, 0.2) is 27.8 Å². The molecule has 3 nitrogen and oxygen atoms in total. The van der Waals surface area contributed by atoms with Gasteiger partial charge in [-0.3, -0.25) is 0 Å². The van der Waals surface area contributed by atoms with E-state index in [2.05, 4.69) is 27.2 Å². The molecule has 0 fully saturated rings. The fraction of sp³-hybridized carbons (Fsp3) is 0.364. The maximum Gasteiger partial charge on any atom is 0.114 e. The van der Waals surface area contributed by atoms with E-state index in [0.717, 1.165) is 21.3 Å². The van der Waals surface area contributed by atoms with E-state index in [1.165, 1.54) is 0 Å². The monoisotopic (exact) mass is 269 g/mol. The van der Waals surface area contributed by atoms with Crippen LogP contribution < -0.4 is 0 Å². The van der Waals surface area contributed by atoms with Crippen molar-refractivity contribution in [3.8, 4) is 0 Å². The minimum Gasteiger partial charge on any atom is -0.396 e. The van der Waals surface area contributed by atoms with E-state index < -0.39 is 0 Å². The lowest BCUT2D eigenvalue weighted by Gasteiger charge is -2.18. The molecule has 1 heterocycles. The SMILES string of the molecule is CCO/N=C1\COCc2ccc(Br)cc21. The van der Waals surface area contributed by atoms with Gasteiger partial charge in [0.1, 0.15) is 12.3 Å². The van der Waals surface area contributed by atoms with E-state index in [4.69, 9.17) is 9.57 Å². The Labute approximate surface area is 97.2 Å². The van der Waals surface area contributed by atoms with Gasteiger partial charge in [0.15, 0.2) is 0 Å². The van der Waals surface area contributed by atoms with Crippen LogP contribution in [0.2, 0.25) is 0 Å². The average molecular weight is 270 g/mol. The van der Waals surface area contributed by atoms with Crippen molar-refractivity contribution in [2.75, 3.05) is 13.2 Å². The number of hydrogen-bond acceptors (Lipinski definition) is 3. The van der Waals surface area contributed by atoms with Crippen molar-refractivity contribution in [3.63, 3.8) is 0 Å². The zero-order valence-electron chi connectivity index (χ0n) is 8.50. The van der Waals surface area contributed by atoms with Crippen molar-refractivity contribution in [3.05, 3.63) is 33.8 Å². The third kappa shape index (κ3) is 2.38. The molecule has 0 bridgehead atoms. The van der Waals surface area contributed by atoms with Crippen LogP contribution in [0.5, 0.6) is 0 Å². The molecule has 0 atom stereocenters. The Morgan fingerprint density at radius 3 is 3.13 bits per heavy atom. The topological polar surface area (TPSA) is 30.8 Å². The van der Waals surface area contributed by atoms with Gasteiger partial charge in [0.05, 0.1) is 13.2 Å². The second-order valence-electron chi connectivity index (χ2n) is 3.25. The third-order valence-corrected chi connectivity index (χ3v) is 2.68. The van der Waals surface area contributed by atoms with E-state index >= 15 is 0 Å². The van der Waals surface area contributed by atoms with Crippen molar-refractivity contribution >= 4 is 21.6 Å². The predicted molar refractivity (Wildman–Crippen MR) is 62.0 cm³/mol. The van der Waals surface area contributed by atoms with Crippen molar-refractivity contribution in [1.82, 2.24) is 0 Å². The highest BCUT2D eigenvalue weighted by atomic mass is 79.9. The first-order valence-electron chi connectivity index (χ1n) is 4.86. The van der Waals surface area contributed by atoms with Gasteiger partial charge < -0.3 is 9.57 Å². The Bertz CT molecular complexity index is 390. The van der Waals surface area contributed by atoms with E-state index in [1.54, 1.807) is 0 Å². The van der Waals surface area contributed by atoms with Gasteiger partial charge >= 0.3 is 0 Å². The highest BCUT2D eigenvalue weighted by molar-refractivity contribution is 9.10. The van der Waals surface area contributed by atoms with Crippen LogP contribution in [0, 0.1) is 0 Å². The molecule has 0 amide bonds. The number of halogens is 1. The smallest absolute Gasteiger partial charge is 0.114 e. The highest BCUT2D eigenvalue weighted by Gasteiger charge is 2.16. The largest absolute Gasteiger partial charge is 0.396 e. The molecule has 1 aliphatic heterocycles. The van der Waals surface area contributed by atoms with E-state index in [9.17, 15) is 0 Å². The summed E-state index contributed by atoms with van der Waals surface area (Å²) in [5.41, 5.74) is 3.13. The molecular formula is C11H12BrNO2. The first kappa shape index (κ1) is 10.6. The molecular weight excluding hydrogens is 258 g/mol. The molecule has 1 aromatic carbocycles. The van der Waals surface area contributed by atoms with Crippen LogP contribution in [0.1, 0.15) is 18.1 Å². The molecule has 0 saturated carbocycles. The number of fused-ring (bicyclic) bond motifs is 1. The fourth-order valence-electron chi connectivity index (χ4n) is 1.50. The Balaban J connectivity index is 2.36. The number of hydrogen-bond donors (Lipinski definition) is 0. The second kappa shape index (κ2) is 4.77. The maximum atomic E-state index is 5.42. The zero-order chi connectivity index (χ0) is 10.7. The Kier molecular flexibility index (Phi) is 3.38. The van der Waals surface area contributed by atoms with Crippen LogP contribution in [-0.4, -0.2) is 18.9 Å². The summed E-state index contributed by atoms with van der Waals surface area (Å²) in [6.07, 6.45) is 0. The summed E-state index contributed by atoms with van der Waals surface area (Å²) in [4.78, 5) is 5.06.